The number of aromatic nitrogens is 4. The minimum Gasteiger partial charge on any atom is -0.468 e. The van der Waals surface area contributed by atoms with E-state index in [1.54, 1.807) is 6.08 Å². The van der Waals surface area contributed by atoms with Gasteiger partial charge < -0.3 is 20.2 Å². The molecule has 0 fully saturated rings. The van der Waals surface area contributed by atoms with Gasteiger partial charge in [0.2, 0.25) is 0 Å². The van der Waals surface area contributed by atoms with Crippen LogP contribution < -0.4 is 15.2 Å². The maximum Gasteiger partial charge on any atom is 0.320 e. The molecule has 0 spiro atoms. The van der Waals surface area contributed by atoms with E-state index in [0.717, 1.165) is 0 Å². The summed E-state index contributed by atoms with van der Waals surface area (Å²) in [7, 11) is 1.50. The summed E-state index contributed by atoms with van der Waals surface area (Å²) >= 11 is 0. The van der Waals surface area contributed by atoms with Gasteiger partial charge in [-0.15, -0.1) is 6.58 Å². The fourth-order valence-corrected chi connectivity index (χ4v) is 1.27. The monoisotopic (exact) mass is 235 g/mol. The topological polar surface area (TPSA) is 98.9 Å². The molecule has 0 amide bonds. The quantitative estimate of drug-likeness (QED) is 0.590. The summed E-state index contributed by atoms with van der Waals surface area (Å²) in [5.41, 5.74) is 6.71. The van der Waals surface area contributed by atoms with Crippen molar-refractivity contribution in [2.24, 2.45) is 0 Å². The first-order valence-corrected chi connectivity index (χ1v) is 5.05. The number of anilines is 1. The second kappa shape index (κ2) is 4.69. The van der Waals surface area contributed by atoms with Crippen LogP contribution in [0.3, 0.4) is 0 Å². The Bertz CT molecular complexity index is 537. The van der Waals surface area contributed by atoms with E-state index in [1.165, 1.54) is 7.11 Å². The zero-order chi connectivity index (χ0) is 12.3. The Morgan fingerprint density at radius 2 is 2.24 bits per heavy atom. The number of rotatable bonds is 5. The molecule has 2 rings (SSSR count). The molecule has 0 aliphatic carbocycles. The van der Waals surface area contributed by atoms with Crippen molar-refractivity contribution >= 4 is 17.0 Å². The van der Waals surface area contributed by atoms with Crippen LogP contribution in [0.1, 0.15) is 6.42 Å². The van der Waals surface area contributed by atoms with Crippen molar-refractivity contribution in [2.75, 3.05) is 19.5 Å². The van der Waals surface area contributed by atoms with E-state index in [9.17, 15) is 0 Å². The zero-order valence-electron chi connectivity index (χ0n) is 9.43. The molecule has 0 aromatic carbocycles. The summed E-state index contributed by atoms with van der Waals surface area (Å²) in [5.74, 6) is 0.277. The van der Waals surface area contributed by atoms with Crippen LogP contribution in [0.15, 0.2) is 12.7 Å². The second-order valence-corrected chi connectivity index (χ2v) is 3.26. The van der Waals surface area contributed by atoms with Crippen molar-refractivity contribution in [3.05, 3.63) is 12.7 Å². The molecule has 0 bridgehead atoms. The Morgan fingerprint density at radius 3 is 2.94 bits per heavy atom. The maximum atomic E-state index is 5.75. The van der Waals surface area contributed by atoms with Crippen molar-refractivity contribution in [2.45, 2.75) is 6.42 Å². The highest BCUT2D eigenvalue weighted by Gasteiger charge is 2.11. The molecule has 0 saturated heterocycles. The van der Waals surface area contributed by atoms with Crippen LogP contribution in [-0.2, 0) is 0 Å². The van der Waals surface area contributed by atoms with E-state index in [1.807, 2.05) is 0 Å². The van der Waals surface area contributed by atoms with Gasteiger partial charge in [0, 0.05) is 0 Å². The Hall–Kier alpha value is -2.31. The van der Waals surface area contributed by atoms with E-state index in [0.29, 0.717) is 30.2 Å². The molecule has 17 heavy (non-hydrogen) atoms. The summed E-state index contributed by atoms with van der Waals surface area (Å²) in [5, 5.41) is 0. The first-order valence-electron chi connectivity index (χ1n) is 5.05. The maximum absolute atomic E-state index is 5.75. The third-order valence-corrected chi connectivity index (χ3v) is 2.08. The fraction of sp³-hybridized carbons (Fsp3) is 0.300. The predicted octanol–water partition coefficient (Wildman–Crippen LogP) is 0.899. The lowest BCUT2D eigenvalue weighted by Gasteiger charge is -2.02. The third kappa shape index (κ3) is 2.27. The normalized spacial score (nSPS) is 10.4. The van der Waals surface area contributed by atoms with Gasteiger partial charge in [-0.2, -0.15) is 15.0 Å². The number of hydrogen-bond donors (Lipinski definition) is 2. The van der Waals surface area contributed by atoms with Crippen molar-refractivity contribution in [1.82, 2.24) is 19.9 Å². The average Bonchev–Trinajstić information content (AvgIpc) is 2.73. The van der Waals surface area contributed by atoms with Crippen LogP contribution in [0.25, 0.3) is 11.2 Å². The lowest BCUT2D eigenvalue weighted by molar-refractivity contribution is 0.300. The molecule has 2 heterocycles. The molecule has 0 radical (unpaired) electrons. The van der Waals surface area contributed by atoms with Crippen LogP contribution in [0.4, 0.5) is 5.82 Å². The van der Waals surface area contributed by atoms with Crippen molar-refractivity contribution in [3.63, 3.8) is 0 Å². The number of hydrogen-bond acceptors (Lipinski definition) is 6. The number of methoxy groups -OCH3 is 1. The van der Waals surface area contributed by atoms with Gasteiger partial charge in [0.25, 0.3) is 6.01 Å². The minimum atomic E-state index is 0.200. The first kappa shape index (κ1) is 11.2. The molecular formula is C10H13N5O2. The Labute approximate surface area is 97.7 Å². The number of imidazole rings is 1. The molecule has 2 aromatic heterocycles. The lowest BCUT2D eigenvalue weighted by atomic mass is 10.5. The van der Waals surface area contributed by atoms with E-state index in [-0.39, 0.29) is 11.8 Å². The summed E-state index contributed by atoms with van der Waals surface area (Å²) in [6.45, 7) is 4.05. The van der Waals surface area contributed by atoms with Gasteiger partial charge in [0.05, 0.1) is 13.7 Å². The highest BCUT2D eigenvalue weighted by molar-refractivity contribution is 5.82. The van der Waals surface area contributed by atoms with Gasteiger partial charge in [0.15, 0.2) is 11.5 Å². The second-order valence-electron chi connectivity index (χ2n) is 3.26. The molecule has 90 valence electrons. The Morgan fingerprint density at radius 1 is 1.41 bits per heavy atom. The molecule has 2 aromatic rings. The molecule has 7 nitrogen and oxygen atoms in total. The summed E-state index contributed by atoms with van der Waals surface area (Å²) in [6, 6.07) is 0.537. The number of H-pyrrole nitrogens is 1. The summed E-state index contributed by atoms with van der Waals surface area (Å²) < 4.78 is 10.3. The molecule has 7 heteroatoms. The first-order chi connectivity index (χ1) is 8.24. The standard InChI is InChI=1S/C10H13N5O2/c1-3-4-5-17-10-13-7(11)6-8(15-10)14-9(12-6)16-2/h3H,1,4-5H2,2H3,(H3,11,12,13,14,15). The highest BCUT2D eigenvalue weighted by atomic mass is 16.5. The molecule has 0 saturated carbocycles. The lowest BCUT2D eigenvalue weighted by Crippen LogP contribution is -2.03. The van der Waals surface area contributed by atoms with Gasteiger partial charge >= 0.3 is 6.01 Å². The largest absolute Gasteiger partial charge is 0.468 e. The van der Waals surface area contributed by atoms with Gasteiger partial charge in [-0.05, 0) is 6.42 Å². The van der Waals surface area contributed by atoms with Gasteiger partial charge in [-0.3, -0.25) is 0 Å². The number of nitrogen functional groups attached to an aromatic ring is 1. The van der Waals surface area contributed by atoms with Gasteiger partial charge in [-0.25, -0.2) is 0 Å². The van der Waals surface area contributed by atoms with Crippen molar-refractivity contribution in [3.8, 4) is 12.0 Å². The van der Waals surface area contributed by atoms with E-state index in [4.69, 9.17) is 15.2 Å². The van der Waals surface area contributed by atoms with Crippen LogP contribution in [0, 0.1) is 0 Å². The number of nitrogens with one attached hydrogen (secondary N) is 1. The Balaban J connectivity index is 2.30. The predicted molar refractivity (Wildman–Crippen MR) is 63.0 cm³/mol. The number of aromatic amines is 1. The highest BCUT2D eigenvalue weighted by Crippen LogP contribution is 2.20. The molecule has 0 unspecified atom stereocenters. The number of fused-ring (bicyclic) bond motifs is 1. The smallest absolute Gasteiger partial charge is 0.320 e. The molecule has 0 atom stereocenters. The van der Waals surface area contributed by atoms with E-state index >= 15 is 0 Å². The van der Waals surface area contributed by atoms with Crippen LogP contribution in [0.5, 0.6) is 12.0 Å². The van der Waals surface area contributed by atoms with Crippen LogP contribution in [0.2, 0.25) is 0 Å². The van der Waals surface area contributed by atoms with Crippen molar-refractivity contribution in [1.29, 1.82) is 0 Å². The van der Waals surface area contributed by atoms with Gasteiger partial charge in [0.1, 0.15) is 5.52 Å². The Kier molecular flexibility index (Phi) is 3.08. The molecule has 0 aliphatic heterocycles. The number of nitrogens with two attached hydrogens (primary N) is 1. The molecule has 0 aliphatic rings. The van der Waals surface area contributed by atoms with Crippen LogP contribution >= 0.6 is 0 Å². The molecule has 3 N–H and O–H groups in total. The van der Waals surface area contributed by atoms with Crippen LogP contribution in [-0.4, -0.2) is 33.7 Å². The van der Waals surface area contributed by atoms with E-state index in [2.05, 4.69) is 26.5 Å². The zero-order valence-corrected chi connectivity index (χ0v) is 9.43. The number of ether oxygens (including phenoxy) is 2. The summed E-state index contributed by atoms with van der Waals surface area (Å²) in [6.07, 6.45) is 2.46. The summed E-state index contributed by atoms with van der Waals surface area (Å²) in [4.78, 5) is 15.0. The fourth-order valence-electron chi connectivity index (χ4n) is 1.27. The average molecular weight is 235 g/mol. The molecular weight excluding hydrogens is 222 g/mol. The van der Waals surface area contributed by atoms with E-state index < -0.39 is 0 Å². The number of nitrogens with zero attached hydrogens (tertiary/aromatic N) is 3. The van der Waals surface area contributed by atoms with Gasteiger partial charge in [-0.1, -0.05) is 6.08 Å². The third-order valence-electron chi connectivity index (χ3n) is 2.08. The van der Waals surface area contributed by atoms with Crippen molar-refractivity contribution < 1.29 is 9.47 Å². The minimum absolute atomic E-state index is 0.200. The SMILES string of the molecule is C=CCCOc1nc(N)c2[nH]c(OC)nc2n1.